The molecule has 10 heteroatoms. The fourth-order valence-corrected chi connectivity index (χ4v) is 3.03. The largest absolute Gasteiger partial charge is 0.494 e. The van der Waals surface area contributed by atoms with E-state index in [1.807, 2.05) is 36.5 Å². The molecule has 0 saturated carbocycles. The summed E-state index contributed by atoms with van der Waals surface area (Å²) in [4.78, 5) is 8.39. The Bertz CT molecular complexity index is 1110. The van der Waals surface area contributed by atoms with E-state index in [-0.39, 0.29) is 28.9 Å². The van der Waals surface area contributed by atoms with Crippen LogP contribution < -0.4 is 19.5 Å². The third kappa shape index (κ3) is 5.52. The molecule has 4 rings (SSSR count). The number of methoxy groups -OCH3 is 2. The lowest BCUT2D eigenvalue weighted by Crippen LogP contribution is -2.35. The third-order valence-corrected chi connectivity index (χ3v) is 4.92. The number of hydrogen-bond donors (Lipinski definition) is 1. The lowest BCUT2D eigenvalue weighted by Gasteiger charge is -2.27. The quantitative estimate of drug-likeness (QED) is 0.586. The highest BCUT2D eigenvalue weighted by Crippen LogP contribution is 2.32. The van der Waals surface area contributed by atoms with Gasteiger partial charge in [0.2, 0.25) is 5.95 Å². The molecule has 1 aromatic heterocycles. The van der Waals surface area contributed by atoms with Crippen molar-refractivity contribution in [2.45, 2.75) is 12.7 Å². The number of hydrogen-bond acceptors (Lipinski definition) is 8. The van der Waals surface area contributed by atoms with Crippen molar-refractivity contribution in [2.75, 3.05) is 32.8 Å². The monoisotopic (exact) mass is 471 g/mol. The van der Waals surface area contributed by atoms with Crippen molar-refractivity contribution in [3.8, 4) is 17.2 Å². The van der Waals surface area contributed by atoms with Gasteiger partial charge in [0.25, 0.3) is 0 Å². The van der Waals surface area contributed by atoms with Crippen LogP contribution in [-0.2, 0) is 16.1 Å². The van der Waals surface area contributed by atoms with Gasteiger partial charge in [-0.15, -0.1) is 0 Å². The number of benzene rings is 1. The minimum Gasteiger partial charge on any atom is -0.494 e. The van der Waals surface area contributed by atoms with Crippen LogP contribution in [0.1, 0.15) is 5.56 Å². The topological polar surface area (TPSA) is 84.0 Å². The van der Waals surface area contributed by atoms with Gasteiger partial charge in [-0.05, 0) is 24.3 Å². The SMILES string of the molecule is COc1cc(OC)c(F)c(COc2cnc(NC3=C/C=C(OC4COC4)\C=C\C=C\3)nc2)c1F. The van der Waals surface area contributed by atoms with Gasteiger partial charge in [-0.2, -0.15) is 0 Å². The Morgan fingerprint density at radius 3 is 2.29 bits per heavy atom. The summed E-state index contributed by atoms with van der Waals surface area (Å²) in [5.74, 6) is -0.754. The van der Waals surface area contributed by atoms with Crippen LogP contribution in [0.25, 0.3) is 0 Å². The molecule has 0 amide bonds. The molecule has 1 aliphatic carbocycles. The molecular formula is C24H23F2N3O5. The molecule has 34 heavy (non-hydrogen) atoms. The van der Waals surface area contributed by atoms with E-state index in [1.54, 1.807) is 0 Å². The van der Waals surface area contributed by atoms with E-state index >= 15 is 0 Å². The van der Waals surface area contributed by atoms with Crippen LogP contribution in [-0.4, -0.2) is 43.5 Å². The van der Waals surface area contributed by atoms with E-state index in [0.717, 1.165) is 17.5 Å². The summed E-state index contributed by atoms with van der Waals surface area (Å²) in [7, 11) is 2.56. The Kier molecular flexibility index (Phi) is 7.38. The molecule has 178 valence electrons. The summed E-state index contributed by atoms with van der Waals surface area (Å²) in [6, 6.07) is 1.14. The number of allylic oxidation sites excluding steroid dienone is 6. The summed E-state index contributed by atoms with van der Waals surface area (Å²) < 4.78 is 55.2. The molecule has 0 radical (unpaired) electrons. The first-order chi connectivity index (χ1) is 16.6. The predicted molar refractivity (Wildman–Crippen MR) is 120 cm³/mol. The molecule has 1 N–H and O–H groups in total. The smallest absolute Gasteiger partial charge is 0.227 e. The molecule has 2 heterocycles. The van der Waals surface area contributed by atoms with Crippen LogP contribution in [0.3, 0.4) is 0 Å². The van der Waals surface area contributed by atoms with Crippen molar-refractivity contribution < 1.29 is 32.5 Å². The summed E-state index contributed by atoms with van der Waals surface area (Å²) in [6.07, 6.45) is 14.0. The van der Waals surface area contributed by atoms with E-state index in [4.69, 9.17) is 23.7 Å². The molecule has 0 unspecified atom stereocenters. The van der Waals surface area contributed by atoms with Crippen molar-refractivity contribution in [3.63, 3.8) is 0 Å². The van der Waals surface area contributed by atoms with E-state index in [9.17, 15) is 8.78 Å². The second-order valence-corrected chi connectivity index (χ2v) is 7.23. The molecule has 0 spiro atoms. The molecule has 8 nitrogen and oxygen atoms in total. The standard InChI is InChI=1S/C24H23F2N3O5/c1-30-20-9-21(31-2)23(26)19(22(20)25)14-33-17-10-27-24(28-11-17)29-15-5-3-4-6-16(8-7-15)34-18-12-32-13-18/h3-11,18H,12-14H2,1-2H3,(H,27,28,29)/b4-3?,5-3+,6-4+,8-7?,15-5?,15-7+,16-6?,16-8+. The first-order valence-corrected chi connectivity index (χ1v) is 10.4. The van der Waals surface area contributed by atoms with E-state index in [1.165, 1.54) is 26.6 Å². The van der Waals surface area contributed by atoms with Gasteiger partial charge in [-0.25, -0.2) is 18.7 Å². The van der Waals surface area contributed by atoms with Crippen LogP contribution in [0.4, 0.5) is 14.7 Å². The second-order valence-electron chi connectivity index (χ2n) is 7.23. The highest BCUT2D eigenvalue weighted by atomic mass is 19.1. The zero-order chi connectivity index (χ0) is 23.9. The molecule has 2 aromatic rings. The first-order valence-electron chi connectivity index (χ1n) is 10.4. The highest BCUT2D eigenvalue weighted by molar-refractivity contribution is 5.45. The van der Waals surface area contributed by atoms with E-state index in [2.05, 4.69) is 15.3 Å². The van der Waals surface area contributed by atoms with Gasteiger partial charge in [0, 0.05) is 11.8 Å². The van der Waals surface area contributed by atoms with Gasteiger partial charge in [0.05, 0.1) is 45.4 Å². The maximum atomic E-state index is 14.5. The fourth-order valence-electron chi connectivity index (χ4n) is 3.03. The molecular weight excluding hydrogens is 448 g/mol. The molecule has 0 atom stereocenters. The average Bonchev–Trinajstić information content (AvgIpc) is 2.80. The van der Waals surface area contributed by atoms with E-state index in [0.29, 0.717) is 19.2 Å². The van der Waals surface area contributed by atoms with Crippen molar-refractivity contribution in [1.29, 1.82) is 0 Å². The third-order valence-electron chi connectivity index (χ3n) is 4.92. The van der Waals surface area contributed by atoms with Gasteiger partial charge in [0.1, 0.15) is 18.5 Å². The number of anilines is 1. The Balaban J connectivity index is 1.40. The summed E-state index contributed by atoms with van der Waals surface area (Å²) in [5, 5.41) is 3.08. The number of halogens is 2. The Hall–Kier alpha value is -3.92. The lowest BCUT2D eigenvalue weighted by atomic mass is 10.1. The van der Waals surface area contributed by atoms with Crippen LogP contribution in [0.5, 0.6) is 17.2 Å². The number of nitrogens with one attached hydrogen (secondary N) is 1. The number of ether oxygens (including phenoxy) is 5. The molecule has 1 aliphatic heterocycles. The van der Waals surface area contributed by atoms with Crippen molar-refractivity contribution >= 4 is 5.95 Å². The van der Waals surface area contributed by atoms with Crippen LogP contribution in [0.15, 0.2) is 66.4 Å². The highest BCUT2D eigenvalue weighted by Gasteiger charge is 2.21. The Morgan fingerprint density at radius 2 is 1.68 bits per heavy atom. The molecule has 1 aromatic carbocycles. The second kappa shape index (κ2) is 10.8. The average molecular weight is 471 g/mol. The first kappa shape index (κ1) is 23.2. The van der Waals surface area contributed by atoms with Crippen LogP contribution >= 0.6 is 0 Å². The summed E-state index contributed by atoms with van der Waals surface area (Å²) in [6.45, 7) is 0.771. The van der Waals surface area contributed by atoms with Crippen LogP contribution in [0, 0.1) is 11.6 Å². The molecule has 0 bridgehead atoms. The predicted octanol–water partition coefficient (Wildman–Crippen LogP) is 4.07. The van der Waals surface area contributed by atoms with Crippen molar-refractivity contribution in [1.82, 2.24) is 9.97 Å². The maximum absolute atomic E-state index is 14.5. The summed E-state index contributed by atoms with van der Waals surface area (Å²) >= 11 is 0. The van der Waals surface area contributed by atoms with Crippen molar-refractivity contribution in [3.05, 3.63) is 83.6 Å². The minimum atomic E-state index is -0.863. The summed E-state index contributed by atoms with van der Waals surface area (Å²) in [5.41, 5.74) is 0.408. The minimum absolute atomic E-state index is 0.0694. The van der Waals surface area contributed by atoms with Gasteiger partial charge in [0.15, 0.2) is 28.9 Å². The van der Waals surface area contributed by atoms with Crippen LogP contribution in [0.2, 0.25) is 0 Å². The van der Waals surface area contributed by atoms with E-state index < -0.39 is 18.2 Å². The molecule has 1 fully saturated rings. The number of rotatable bonds is 9. The normalized spacial score (nSPS) is 20.4. The zero-order valence-corrected chi connectivity index (χ0v) is 18.6. The molecule has 2 aliphatic rings. The van der Waals surface area contributed by atoms with Crippen molar-refractivity contribution in [2.24, 2.45) is 0 Å². The van der Waals surface area contributed by atoms with Gasteiger partial charge in [-0.1, -0.05) is 12.2 Å². The molecule has 1 saturated heterocycles. The Labute approximate surface area is 195 Å². The van der Waals surface area contributed by atoms with Gasteiger partial charge < -0.3 is 29.0 Å². The maximum Gasteiger partial charge on any atom is 0.227 e. The lowest BCUT2D eigenvalue weighted by molar-refractivity contribution is -0.105. The zero-order valence-electron chi connectivity index (χ0n) is 18.6. The number of nitrogens with zero attached hydrogens (tertiary/aromatic N) is 2. The Morgan fingerprint density at radius 1 is 1.00 bits per heavy atom. The number of aromatic nitrogens is 2. The van der Waals surface area contributed by atoms with Gasteiger partial charge in [-0.3, -0.25) is 0 Å². The fraction of sp³-hybridized carbons (Fsp3) is 0.250. The van der Waals surface area contributed by atoms with Gasteiger partial charge >= 0.3 is 0 Å².